The molecule has 8 heteroatoms. The van der Waals surface area contributed by atoms with Crippen LogP contribution in [0.25, 0.3) is 11.3 Å². The molecule has 1 saturated heterocycles. The van der Waals surface area contributed by atoms with Crippen LogP contribution in [0.2, 0.25) is 0 Å². The summed E-state index contributed by atoms with van der Waals surface area (Å²) in [5, 5.41) is 7.70. The third kappa shape index (κ3) is 4.01. The summed E-state index contributed by atoms with van der Waals surface area (Å²) < 4.78 is 0. The summed E-state index contributed by atoms with van der Waals surface area (Å²) >= 11 is 1.30. The number of aromatic nitrogens is 1. The normalized spacial score (nSPS) is 18.1. The van der Waals surface area contributed by atoms with Crippen molar-refractivity contribution in [2.24, 2.45) is 0 Å². The highest BCUT2D eigenvalue weighted by Gasteiger charge is 2.49. The van der Waals surface area contributed by atoms with Crippen LogP contribution in [0.5, 0.6) is 0 Å². The number of rotatable bonds is 5. The van der Waals surface area contributed by atoms with Gasteiger partial charge in [-0.1, -0.05) is 53.6 Å². The number of aryl methyl sites for hydroxylation is 3. The number of thiazole rings is 1. The van der Waals surface area contributed by atoms with Crippen molar-refractivity contribution in [3.8, 4) is 11.3 Å². The Balaban J connectivity index is 1.45. The average molecular weight is 449 g/mol. The Hall–Kier alpha value is -3.52. The molecule has 1 atom stereocenters. The van der Waals surface area contributed by atoms with Crippen LogP contribution in [-0.2, 0) is 15.1 Å². The van der Waals surface area contributed by atoms with E-state index in [1.54, 1.807) is 19.1 Å². The van der Waals surface area contributed by atoms with Gasteiger partial charge in [-0.15, -0.1) is 11.3 Å². The number of nitrogens with one attached hydrogen (secondary N) is 2. The third-order valence-electron chi connectivity index (χ3n) is 5.61. The Bertz CT molecular complexity index is 1220. The van der Waals surface area contributed by atoms with E-state index < -0.39 is 23.4 Å². The van der Waals surface area contributed by atoms with Crippen molar-refractivity contribution in [3.05, 3.63) is 70.1 Å². The number of nitrogens with zero attached hydrogens (tertiary/aromatic N) is 2. The molecular formula is C24H24N4O3S. The zero-order valence-corrected chi connectivity index (χ0v) is 19.2. The van der Waals surface area contributed by atoms with Crippen LogP contribution in [0.1, 0.15) is 29.2 Å². The lowest BCUT2D eigenvalue weighted by molar-refractivity contribution is -0.133. The first kappa shape index (κ1) is 21.7. The van der Waals surface area contributed by atoms with Crippen LogP contribution in [-0.4, -0.2) is 34.3 Å². The molecule has 0 aliphatic carbocycles. The third-order valence-corrected chi connectivity index (χ3v) is 6.37. The smallest absolute Gasteiger partial charge is 0.319 e. The molecule has 0 spiro atoms. The number of urea groups is 1. The average Bonchev–Trinajstić information content (AvgIpc) is 3.27. The second-order valence-corrected chi connectivity index (χ2v) is 9.08. The highest BCUT2D eigenvalue weighted by Crippen LogP contribution is 2.30. The van der Waals surface area contributed by atoms with Gasteiger partial charge in [-0.25, -0.2) is 9.78 Å². The molecule has 164 valence electrons. The molecule has 7 nitrogen and oxygen atoms in total. The molecule has 1 fully saturated rings. The zero-order chi connectivity index (χ0) is 23.0. The highest BCUT2D eigenvalue weighted by atomic mass is 32.1. The molecule has 0 radical (unpaired) electrons. The number of hydrogen-bond acceptors (Lipinski definition) is 5. The van der Waals surface area contributed by atoms with Gasteiger partial charge in [0.1, 0.15) is 12.1 Å². The van der Waals surface area contributed by atoms with Crippen molar-refractivity contribution in [3.63, 3.8) is 0 Å². The Morgan fingerprint density at radius 2 is 1.78 bits per heavy atom. The van der Waals surface area contributed by atoms with Crippen molar-refractivity contribution in [2.75, 3.05) is 11.9 Å². The first-order valence-corrected chi connectivity index (χ1v) is 11.1. The van der Waals surface area contributed by atoms with E-state index in [4.69, 9.17) is 0 Å². The molecule has 1 aromatic heterocycles. The van der Waals surface area contributed by atoms with Gasteiger partial charge in [-0.3, -0.25) is 14.5 Å². The van der Waals surface area contributed by atoms with E-state index in [0.29, 0.717) is 10.7 Å². The van der Waals surface area contributed by atoms with E-state index >= 15 is 0 Å². The molecule has 1 aliphatic heterocycles. The predicted molar refractivity (Wildman–Crippen MR) is 124 cm³/mol. The fraction of sp³-hybridized carbons (Fsp3) is 0.250. The van der Waals surface area contributed by atoms with E-state index in [2.05, 4.69) is 21.7 Å². The number of carbonyl (C=O) groups excluding carboxylic acids is 3. The minimum atomic E-state index is -1.21. The minimum Gasteiger partial charge on any atom is -0.319 e. The van der Waals surface area contributed by atoms with Crippen molar-refractivity contribution >= 4 is 34.3 Å². The molecule has 4 rings (SSSR count). The molecule has 32 heavy (non-hydrogen) atoms. The summed E-state index contributed by atoms with van der Waals surface area (Å²) in [4.78, 5) is 43.5. The van der Waals surface area contributed by atoms with E-state index in [1.807, 2.05) is 50.4 Å². The quantitative estimate of drug-likeness (QED) is 0.574. The van der Waals surface area contributed by atoms with Crippen LogP contribution in [0.3, 0.4) is 0 Å². The summed E-state index contributed by atoms with van der Waals surface area (Å²) in [6.07, 6.45) is 0. The molecule has 3 aromatic rings. The van der Waals surface area contributed by atoms with E-state index in [1.165, 1.54) is 16.9 Å². The first-order valence-electron chi connectivity index (χ1n) is 10.2. The minimum absolute atomic E-state index is 0.384. The van der Waals surface area contributed by atoms with E-state index in [-0.39, 0.29) is 6.54 Å². The maximum Gasteiger partial charge on any atom is 0.325 e. The highest BCUT2D eigenvalue weighted by molar-refractivity contribution is 7.14. The monoisotopic (exact) mass is 448 g/mol. The zero-order valence-electron chi connectivity index (χ0n) is 18.4. The van der Waals surface area contributed by atoms with Crippen molar-refractivity contribution in [1.82, 2.24) is 15.2 Å². The summed E-state index contributed by atoms with van der Waals surface area (Å²) in [6.45, 7) is 7.26. The lowest BCUT2D eigenvalue weighted by atomic mass is 9.91. The van der Waals surface area contributed by atoms with Gasteiger partial charge in [-0.2, -0.15) is 0 Å². The number of carbonyl (C=O) groups is 3. The number of hydrogen-bond donors (Lipinski definition) is 2. The molecule has 2 aromatic carbocycles. The Kier molecular flexibility index (Phi) is 5.56. The van der Waals surface area contributed by atoms with Gasteiger partial charge < -0.3 is 10.6 Å². The van der Waals surface area contributed by atoms with Crippen LogP contribution in [0, 0.1) is 20.8 Å². The number of imide groups is 1. The first-order chi connectivity index (χ1) is 15.2. The number of amides is 4. The van der Waals surface area contributed by atoms with Gasteiger partial charge in [0.15, 0.2) is 5.13 Å². The summed E-state index contributed by atoms with van der Waals surface area (Å²) in [6, 6.07) is 12.9. The van der Waals surface area contributed by atoms with Gasteiger partial charge in [0.05, 0.1) is 5.69 Å². The topological polar surface area (TPSA) is 91.4 Å². The summed E-state index contributed by atoms with van der Waals surface area (Å²) in [7, 11) is 0. The maximum atomic E-state index is 13.0. The lowest BCUT2D eigenvalue weighted by Crippen LogP contribution is -2.42. The fourth-order valence-electron chi connectivity index (χ4n) is 3.78. The molecule has 2 N–H and O–H groups in total. The predicted octanol–water partition coefficient (Wildman–Crippen LogP) is 4.14. The lowest BCUT2D eigenvalue weighted by Gasteiger charge is -2.22. The van der Waals surface area contributed by atoms with Crippen molar-refractivity contribution in [1.29, 1.82) is 0 Å². The van der Waals surface area contributed by atoms with E-state index in [0.717, 1.165) is 27.3 Å². The Morgan fingerprint density at radius 1 is 1.09 bits per heavy atom. The maximum absolute atomic E-state index is 13.0. The molecule has 0 saturated carbocycles. The Morgan fingerprint density at radius 3 is 2.47 bits per heavy atom. The molecule has 0 bridgehead atoms. The molecule has 1 aliphatic rings. The van der Waals surface area contributed by atoms with Gasteiger partial charge in [0, 0.05) is 10.9 Å². The van der Waals surface area contributed by atoms with Crippen molar-refractivity contribution < 1.29 is 14.4 Å². The van der Waals surface area contributed by atoms with Crippen LogP contribution < -0.4 is 10.6 Å². The molecular weight excluding hydrogens is 424 g/mol. The second kappa shape index (κ2) is 8.20. The SMILES string of the molecule is Cc1ccc(C2(C)NC(=O)N(CC(=O)Nc3nc(-c4ccc(C)cc4C)cs3)C2=O)cc1. The standard InChI is InChI=1S/C24H24N4O3S/c1-14-5-8-17(9-6-14)24(4)21(30)28(23(31)27-24)12-20(29)26-22-25-19(13-32-22)18-10-7-15(2)11-16(18)3/h5-11,13H,12H2,1-4H3,(H,27,31)(H,25,26,29). The fourth-order valence-corrected chi connectivity index (χ4v) is 4.51. The van der Waals surface area contributed by atoms with Crippen LogP contribution >= 0.6 is 11.3 Å². The molecule has 4 amide bonds. The van der Waals surface area contributed by atoms with Gasteiger partial charge in [0.25, 0.3) is 5.91 Å². The number of benzene rings is 2. The van der Waals surface area contributed by atoms with Crippen molar-refractivity contribution in [2.45, 2.75) is 33.2 Å². The van der Waals surface area contributed by atoms with Gasteiger partial charge >= 0.3 is 6.03 Å². The van der Waals surface area contributed by atoms with E-state index in [9.17, 15) is 14.4 Å². The number of anilines is 1. The van der Waals surface area contributed by atoms with Crippen LogP contribution in [0.15, 0.2) is 47.8 Å². The van der Waals surface area contributed by atoms with Gasteiger partial charge in [0.2, 0.25) is 5.91 Å². The van der Waals surface area contributed by atoms with Crippen LogP contribution in [0.4, 0.5) is 9.93 Å². The Labute approximate surface area is 190 Å². The van der Waals surface area contributed by atoms with Gasteiger partial charge in [-0.05, 0) is 38.8 Å². The largest absolute Gasteiger partial charge is 0.325 e. The second-order valence-electron chi connectivity index (χ2n) is 8.22. The molecule has 2 heterocycles. The molecule has 1 unspecified atom stereocenters. The summed E-state index contributed by atoms with van der Waals surface area (Å²) in [5.74, 6) is -0.945. The summed E-state index contributed by atoms with van der Waals surface area (Å²) in [5.41, 5.74) is 4.54.